The number of hydrogen-bond donors (Lipinski definition) is 2. The number of carbonyl (C=O) groups excluding carboxylic acids is 3. The second kappa shape index (κ2) is 11.4. The van der Waals surface area contributed by atoms with Crippen LogP contribution in [0.5, 0.6) is 0 Å². The summed E-state index contributed by atoms with van der Waals surface area (Å²) in [6.45, 7) is 6.53. The third-order valence-corrected chi connectivity index (χ3v) is 7.62. The lowest BCUT2D eigenvalue weighted by Gasteiger charge is -2.41. The third kappa shape index (κ3) is 6.63. The number of amides is 2. The molecule has 12 heteroatoms. The van der Waals surface area contributed by atoms with Crippen molar-refractivity contribution in [3.05, 3.63) is 46.7 Å². The van der Waals surface area contributed by atoms with Gasteiger partial charge in [-0.2, -0.15) is 13.2 Å². The van der Waals surface area contributed by atoms with E-state index in [2.05, 4.69) is 31.4 Å². The summed E-state index contributed by atoms with van der Waals surface area (Å²) in [4.78, 5) is 40.6. The SMILES string of the molecule is COC(=O)C1CC(NC(C)(C)C)CCC1N1CC[C@H](NC(=O)c2ccc(-c3cc(C(F)(F)F)ccc3Cl)o2)C1=O. The van der Waals surface area contributed by atoms with Crippen LogP contribution < -0.4 is 10.6 Å². The number of benzene rings is 1. The maximum absolute atomic E-state index is 13.3. The molecule has 0 spiro atoms. The molecule has 2 amide bonds. The largest absolute Gasteiger partial charge is 0.469 e. The number of alkyl halides is 3. The minimum absolute atomic E-state index is 0.0101. The average molecular weight is 584 g/mol. The molecule has 1 aliphatic carbocycles. The van der Waals surface area contributed by atoms with Crippen LogP contribution in [0.25, 0.3) is 11.3 Å². The van der Waals surface area contributed by atoms with Crippen molar-refractivity contribution in [2.75, 3.05) is 13.7 Å². The van der Waals surface area contributed by atoms with Crippen LogP contribution >= 0.6 is 11.6 Å². The van der Waals surface area contributed by atoms with Crippen LogP contribution in [0.4, 0.5) is 13.2 Å². The molecule has 3 unspecified atom stereocenters. The molecule has 1 aromatic carbocycles. The van der Waals surface area contributed by atoms with Crippen molar-refractivity contribution < 1.29 is 36.7 Å². The molecule has 2 N–H and O–H groups in total. The Morgan fingerprint density at radius 3 is 2.48 bits per heavy atom. The van der Waals surface area contributed by atoms with Crippen LogP contribution in [0.1, 0.15) is 62.6 Å². The highest BCUT2D eigenvalue weighted by Gasteiger charge is 2.45. The molecule has 0 bridgehead atoms. The smallest absolute Gasteiger partial charge is 0.416 e. The molecule has 1 saturated heterocycles. The van der Waals surface area contributed by atoms with Crippen LogP contribution in [-0.2, 0) is 20.5 Å². The van der Waals surface area contributed by atoms with Gasteiger partial charge >= 0.3 is 12.1 Å². The molecule has 1 aliphatic heterocycles. The molecule has 2 aliphatic rings. The minimum Gasteiger partial charge on any atom is -0.469 e. The van der Waals surface area contributed by atoms with E-state index < -0.39 is 29.6 Å². The fourth-order valence-corrected chi connectivity index (χ4v) is 5.78. The van der Waals surface area contributed by atoms with E-state index in [0.29, 0.717) is 25.8 Å². The van der Waals surface area contributed by atoms with Crippen molar-refractivity contribution in [3.8, 4) is 11.3 Å². The zero-order valence-electron chi connectivity index (χ0n) is 22.7. The van der Waals surface area contributed by atoms with E-state index in [9.17, 15) is 27.6 Å². The summed E-state index contributed by atoms with van der Waals surface area (Å²) in [5.74, 6) is -2.04. The van der Waals surface area contributed by atoms with E-state index in [1.165, 1.54) is 19.2 Å². The van der Waals surface area contributed by atoms with Gasteiger partial charge in [0.05, 0.1) is 23.6 Å². The summed E-state index contributed by atoms with van der Waals surface area (Å²) in [7, 11) is 1.33. The predicted molar refractivity (Wildman–Crippen MR) is 142 cm³/mol. The molecule has 2 heterocycles. The number of nitrogens with one attached hydrogen (secondary N) is 2. The summed E-state index contributed by atoms with van der Waals surface area (Å²) in [5.41, 5.74) is -1.04. The van der Waals surface area contributed by atoms with Crippen LogP contribution in [0.2, 0.25) is 5.02 Å². The number of halogens is 4. The lowest BCUT2D eigenvalue weighted by atomic mass is 9.80. The summed E-state index contributed by atoms with van der Waals surface area (Å²) in [6, 6.07) is 4.41. The van der Waals surface area contributed by atoms with Crippen molar-refractivity contribution in [2.24, 2.45) is 5.92 Å². The molecule has 4 rings (SSSR count). The Hall–Kier alpha value is -3.05. The van der Waals surface area contributed by atoms with Crippen LogP contribution in [0.3, 0.4) is 0 Å². The van der Waals surface area contributed by atoms with Gasteiger partial charge in [-0.15, -0.1) is 0 Å². The van der Waals surface area contributed by atoms with E-state index in [1.54, 1.807) is 4.90 Å². The number of nitrogens with zero attached hydrogens (tertiary/aromatic N) is 1. The standard InChI is InChI=1S/C28H33ClF3N3O5/c1-27(2,3)34-16-6-8-21(18(14-16)26(38)39-4)35-12-11-20(25(35)37)33-24(36)23-10-9-22(40-23)17-13-15(28(30,31)32)5-7-19(17)29/h5,7,9-10,13,16,18,20-21,34H,6,8,11-12,14H2,1-4H3,(H,33,36)/t16?,18?,20-,21?/m0/s1. The quantitative estimate of drug-likeness (QED) is 0.462. The fourth-order valence-electron chi connectivity index (χ4n) is 5.57. The molecule has 0 radical (unpaired) electrons. The number of ether oxygens (including phenoxy) is 1. The van der Waals surface area contributed by atoms with Gasteiger partial charge in [0.1, 0.15) is 11.8 Å². The molecular formula is C28H33ClF3N3O5. The van der Waals surface area contributed by atoms with Crippen molar-refractivity contribution in [1.82, 2.24) is 15.5 Å². The summed E-state index contributed by atoms with van der Waals surface area (Å²) in [5, 5.41) is 6.22. The fraction of sp³-hybridized carbons (Fsp3) is 0.536. The van der Waals surface area contributed by atoms with Gasteiger partial charge in [-0.3, -0.25) is 14.4 Å². The van der Waals surface area contributed by atoms with E-state index in [1.807, 2.05) is 0 Å². The Morgan fingerprint density at radius 2 is 1.82 bits per heavy atom. The van der Waals surface area contributed by atoms with Gasteiger partial charge in [0.15, 0.2) is 5.76 Å². The Morgan fingerprint density at radius 1 is 1.10 bits per heavy atom. The zero-order valence-corrected chi connectivity index (χ0v) is 23.5. The van der Waals surface area contributed by atoms with E-state index in [-0.39, 0.29) is 51.6 Å². The number of likely N-dealkylation sites (tertiary alicyclic amines) is 1. The lowest BCUT2D eigenvalue weighted by Crippen LogP contribution is -2.55. The van der Waals surface area contributed by atoms with Crippen LogP contribution in [0, 0.1) is 5.92 Å². The Balaban J connectivity index is 1.44. The maximum atomic E-state index is 13.3. The highest BCUT2D eigenvalue weighted by molar-refractivity contribution is 6.33. The molecule has 8 nitrogen and oxygen atoms in total. The summed E-state index contributed by atoms with van der Waals surface area (Å²) < 4.78 is 50.0. The second-order valence-corrected chi connectivity index (χ2v) is 11.7. The first kappa shape index (κ1) is 29.9. The molecule has 1 saturated carbocycles. The number of methoxy groups -OCH3 is 1. The molecule has 2 aromatic rings. The van der Waals surface area contributed by atoms with Crippen LogP contribution in [0.15, 0.2) is 34.7 Å². The maximum Gasteiger partial charge on any atom is 0.416 e. The van der Waals surface area contributed by atoms with Crippen molar-refractivity contribution >= 4 is 29.4 Å². The minimum atomic E-state index is -4.57. The normalized spacial score (nSPS) is 23.8. The first-order valence-corrected chi connectivity index (χ1v) is 13.5. The molecule has 2 fully saturated rings. The third-order valence-electron chi connectivity index (χ3n) is 7.29. The van der Waals surface area contributed by atoms with Gasteiger partial charge < -0.3 is 24.7 Å². The zero-order chi connectivity index (χ0) is 29.4. The average Bonchev–Trinajstić information content (AvgIpc) is 3.50. The summed E-state index contributed by atoms with van der Waals surface area (Å²) in [6.07, 6.45) is -2.31. The molecule has 40 heavy (non-hydrogen) atoms. The molecule has 4 atom stereocenters. The van der Waals surface area contributed by atoms with E-state index in [4.69, 9.17) is 20.8 Å². The second-order valence-electron chi connectivity index (χ2n) is 11.3. The monoisotopic (exact) mass is 583 g/mol. The highest BCUT2D eigenvalue weighted by Crippen LogP contribution is 2.37. The predicted octanol–water partition coefficient (Wildman–Crippen LogP) is 5.05. The number of esters is 1. The molecular weight excluding hydrogens is 551 g/mol. The Kier molecular flexibility index (Phi) is 8.56. The Labute approximate surface area is 235 Å². The highest BCUT2D eigenvalue weighted by atomic mass is 35.5. The number of carbonyl (C=O) groups is 3. The van der Waals surface area contributed by atoms with Gasteiger partial charge in [-0.1, -0.05) is 11.6 Å². The van der Waals surface area contributed by atoms with E-state index >= 15 is 0 Å². The van der Waals surface area contributed by atoms with Gasteiger partial charge in [0.2, 0.25) is 5.91 Å². The van der Waals surface area contributed by atoms with Gasteiger partial charge in [-0.05, 0) is 76.8 Å². The van der Waals surface area contributed by atoms with Crippen molar-refractivity contribution in [3.63, 3.8) is 0 Å². The lowest BCUT2D eigenvalue weighted by molar-refractivity contribution is -0.151. The molecule has 1 aromatic heterocycles. The van der Waals surface area contributed by atoms with Crippen molar-refractivity contribution in [1.29, 1.82) is 0 Å². The van der Waals surface area contributed by atoms with Gasteiger partial charge in [0, 0.05) is 29.7 Å². The van der Waals surface area contributed by atoms with Gasteiger partial charge in [-0.25, -0.2) is 0 Å². The van der Waals surface area contributed by atoms with E-state index in [0.717, 1.165) is 24.6 Å². The van der Waals surface area contributed by atoms with Crippen molar-refractivity contribution in [2.45, 2.75) is 76.3 Å². The number of hydrogen-bond acceptors (Lipinski definition) is 6. The number of furan rings is 1. The topological polar surface area (TPSA) is 101 Å². The Bertz CT molecular complexity index is 1270. The first-order valence-electron chi connectivity index (χ1n) is 13.1. The number of rotatable bonds is 6. The van der Waals surface area contributed by atoms with Gasteiger partial charge in [0.25, 0.3) is 5.91 Å². The molecule has 218 valence electrons. The summed E-state index contributed by atoms with van der Waals surface area (Å²) >= 11 is 6.09. The first-order chi connectivity index (χ1) is 18.7. The van der Waals surface area contributed by atoms with Crippen LogP contribution in [-0.4, -0.2) is 60.0 Å².